The van der Waals surface area contributed by atoms with Crippen LogP contribution in [-0.2, 0) is 22.7 Å². The van der Waals surface area contributed by atoms with E-state index in [1.165, 1.54) is 0 Å². The Hall–Kier alpha value is -3.43. The summed E-state index contributed by atoms with van der Waals surface area (Å²) in [6.07, 6.45) is 9.08. The normalized spacial score (nSPS) is 17.0. The molecule has 44 heavy (non-hydrogen) atoms. The molecule has 1 fully saturated rings. The quantitative estimate of drug-likeness (QED) is 0.0940. The first kappa shape index (κ1) is 32.0. The molecule has 0 radical (unpaired) electrons. The summed E-state index contributed by atoms with van der Waals surface area (Å²) in [6.45, 7) is 8.48. The van der Waals surface area contributed by atoms with Gasteiger partial charge in [-0.05, 0) is 78.1 Å². The maximum Gasteiger partial charge on any atom is 0.404 e. The van der Waals surface area contributed by atoms with Crippen molar-refractivity contribution in [2.24, 2.45) is 5.73 Å². The van der Waals surface area contributed by atoms with E-state index in [9.17, 15) is 9.59 Å². The van der Waals surface area contributed by atoms with Crippen molar-refractivity contribution in [3.05, 3.63) is 70.1 Å². The van der Waals surface area contributed by atoms with Gasteiger partial charge in [-0.3, -0.25) is 9.36 Å². The number of nitrogens with zero attached hydrogens (tertiary/aromatic N) is 4. The molecule has 2 amide bonds. The zero-order valence-electron chi connectivity index (χ0n) is 25.4. The molecule has 0 bridgehead atoms. The van der Waals surface area contributed by atoms with Crippen LogP contribution in [0.3, 0.4) is 0 Å². The maximum absolute atomic E-state index is 13.6. The van der Waals surface area contributed by atoms with Gasteiger partial charge in [0, 0.05) is 56.9 Å². The molecule has 1 saturated carbocycles. The van der Waals surface area contributed by atoms with Crippen LogP contribution < -0.4 is 16.4 Å². The number of amides is 2. The first-order chi connectivity index (χ1) is 21.1. The van der Waals surface area contributed by atoms with E-state index < -0.39 is 14.2 Å². The van der Waals surface area contributed by atoms with Crippen LogP contribution in [0.2, 0.25) is 25.7 Å². The molecule has 3 aromatic heterocycles. The Kier molecular flexibility index (Phi) is 10.3. The molecule has 0 unspecified atom stereocenters. The summed E-state index contributed by atoms with van der Waals surface area (Å²) in [4.78, 5) is 33.7. The zero-order chi connectivity index (χ0) is 31.3. The van der Waals surface area contributed by atoms with Gasteiger partial charge in [-0.1, -0.05) is 31.8 Å². The molecule has 0 saturated heterocycles. The van der Waals surface area contributed by atoms with E-state index >= 15 is 0 Å². The van der Waals surface area contributed by atoms with Crippen LogP contribution in [0.4, 0.5) is 10.5 Å². The van der Waals surface area contributed by atoms with Gasteiger partial charge >= 0.3 is 6.09 Å². The highest BCUT2D eigenvalue weighted by atomic mass is 127. The lowest BCUT2D eigenvalue weighted by Crippen LogP contribution is -2.33. The van der Waals surface area contributed by atoms with Gasteiger partial charge in [0.25, 0.3) is 5.91 Å². The molecule has 0 atom stereocenters. The molecule has 0 aliphatic heterocycles. The van der Waals surface area contributed by atoms with E-state index in [1.807, 2.05) is 39.6 Å². The average molecular weight is 730 g/mol. The third-order valence-electron chi connectivity index (χ3n) is 7.83. The predicted molar refractivity (Wildman–Crippen MR) is 182 cm³/mol. The summed E-state index contributed by atoms with van der Waals surface area (Å²) in [6, 6.07) is 11.2. The van der Waals surface area contributed by atoms with Crippen molar-refractivity contribution in [2.75, 3.05) is 11.9 Å². The van der Waals surface area contributed by atoms with Crippen molar-refractivity contribution in [3.63, 3.8) is 0 Å². The summed E-state index contributed by atoms with van der Waals surface area (Å²) in [7, 11) is -1.21. The molecule has 13 heteroatoms. The number of fused-ring (bicyclic) bond motifs is 1. The van der Waals surface area contributed by atoms with Gasteiger partial charge in [-0.2, -0.15) is 0 Å². The number of halogens is 1. The largest absolute Gasteiger partial charge is 0.446 e. The number of hydrogen-bond acceptors (Lipinski definition) is 7. The summed E-state index contributed by atoms with van der Waals surface area (Å²) >= 11 is 2.30. The van der Waals surface area contributed by atoms with Crippen molar-refractivity contribution in [1.82, 2.24) is 24.4 Å². The van der Waals surface area contributed by atoms with Gasteiger partial charge in [0.2, 0.25) is 0 Å². The van der Waals surface area contributed by atoms with Gasteiger partial charge in [0.05, 0.1) is 21.3 Å². The fraction of sp³-hybridized carbons (Fsp3) is 0.419. The minimum absolute atomic E-state index is 0.101. The fourth-order valence-corrected chi connectivity index (χ4v) is 6.76. The fourth-order valence-electron chi connectivity index (χ4n) is 5.32. The van der Waals surface area contributed by atoms with E-state index in [4.69, 9.17) is 20.2 Å². The molecule has 1 aromatic carbocycles. The van der Waals surface area contributed by atoms with Crippen LogP contribution >= 0.6 is 22.6 Å². The minimum atomic E-state index is -1.21. The number of hydrogen-bond donors (Lipinski definition) is 3. The van der Waals surface area contributed by atoms with Gasteiger partial charge in [0.15, 0.2) is 0 Å². The van der Waals surface area contributed by atoms with E-state index in [2.05, 4.69) is 63.9 Å². The van der Waals surface area contributed by atoms with Gasteiger partial charge in [-0.25, -0.2) is 14.8 Å². The zero-order valence-corrected chi connectivity index (χ0v) is 28.5. The number of rotatable bonds is 12. The highest BCUT2D eigenvalue weighted by Crippen LogP contribution is 2.33. The summed E-state index contributed by atoms with van der Waals surface area (Å²) in [5.41, 5.74) is 9.21. The lowest BCUT2D eigenvalue weighted by molar-refractivity contribution is 0.0804. The van der Waals surface area contributed by atoms with Gasteiger partial charge in [0.1, 0.15) is 18.5 Å². The number of benzene rings is 1. The second-order valence-corrected chi connectivity index (χ2v) is 19.1. The molecule has 0 spiro atoms. The number of anilines is 1. The molecule has 1 aliphatic rings. The lowest BCUT2D eigenvalue weighted by atomic mass is 9.92. The Labute approximate surface area is 272 Å². The number of ether oxygens (including phenoxy) is 2. The molecule has 4 N–H and O–H groups in total. The van der Waals surface area contributed by atoms with E-state index in [0.29, 0.717) is 38.3 Å². The minimum Gasteiger partial charge on any atom is -0.446 e. The number of nitrogens with two attached hydrogens (primary N) is 1. The third kappa shape index (κ3) is 8.18. The van der Waals surface area contributed by atoms with Crippen LogP contribution in [0.25, 0.3) is 16.7 Å². The summed E-state index contributed by atoms with van der Waals surface area (Å²) in [5, 5.41) is 7.61. The van der Waals surface area contributed by atoms with Crippen LogP contribution in [0.5, 0.6) is 0 Å². The monoisotopic (exact) mass is 729 g/mol. The summed E-state index contributed by atoms with van der Waals surface area (Å²) < 4.78 is 16.3. The van der Waals surface area contributed by atoms with E-state index in [0.717, 1.165) is 50.6 Å². The standard InChI is InChI=1S/C31H40IN7O4Si/c1-44(2,3)15-14-42-20-39-27(32)16-25-28(37-22-6-10-24(11-7-22)43-31(33)41)26(18-35-29(25)39)30(40)36-17-21-4-8-23(9-5-21)38-13-12-34-19-38/h4-5,8-9,12-13,16,18-19,22,24H,6-7,10-11,14-15,17,20H2,1-3H3,(H2,33,41)(H,35,37)(H,36,40)/t22-,24-. The topological polar surface area (TPSA) is 138 Å². The van der Waals surface area contributed by atoms with E-state index in [-0.39, 0.29) is 18.1 Å². The van der Waals surface area contributed by atoms with Crippen LogP contribution in [0.1, 0.15) is 41.6 Å². The number of aromatic nitrogens is 4. The number of nitrogens with one attached hydrogen (secondary N) is 2. The highest BCUT2D eigenvalue weighted by molar-refractivity contribution is 14.1. The number of imidazole rings is 1. The molecular formula is C31H40IN7O4Si. The molecule has 4 aromatic rings. The van der Waals surface area contributed by atoms with Crippen molar-refractivity contribution in [3.8, 4) is 5.69 Å². The average Bonchev–Trinajstić information content (AvgIpc) is 3.63. The first-order valence-corrected chi connectivity index (χ1v) is 19.7. The van der Waals surface area contributed by atoms with Crippen molar-refractivity contribution in [2.45, 2.75) is 76.8 Å². The van der Waals surface area contributed by atoms with Crippen LogP contribution in [-0.4, -0.2) is 57.9 Å². The Bertz CT molecular complexity index is 1580. The number of carbonyl (C=O) groups is 2. The Morgan fingerprint density at radius 1 is 1.14 bits per heavy atom. The molecule has 3 heterocycles. The highest BCUT2D eigenvalue weighted by Gasteiger charge is 2.26. The Morgan fingerprint density at radius 3 is 2.55 bits per heavy atom. The SMILES string of the molecule is C[Si](C)(C)CCOCn1c(I)cc2c(N[C@H]3CC[C@H](OC(N)=O)CC3)c(C(=O)NCc3ccc(-n4ccnc4)cc3)cnc21. The number of pyridine rings is 1. The molecular weight excluding hydrogens is 689 g/mol. The maximum atomic E-state index is 13.6. The summed E-state index contributed by atoms with van der Waals surface area (Å²) in [5.74, 6) is -0.208. The van der Waals surface area contributed by atoms with Crippen molar-refractivity contribution in [1.29, 1.82) is 0 Å². The first-order valence-electron chi connectivity index (χ1n) is 14.9. The Morgan fingerprint density at radius 2 is 1.89 bits per heavy atom. The lowest BCUT2D eigenvalue weighted by Gasteiger charge is -2.29. The second kappa shape index (κ2) is 14.1. The van der Waals surface area contributed by atoms with Gasteiger partial charge < -0.3 is 30.4 Å². The Balaban J connectivity index is 1.35. The molecule has 1 aliphatic carbocycles. The van der Waals surface area contributed by atoms with Gasteiger partial charge in [-0.15, -0.1) is 0 Å². The van der Waals surface area contributed by atoms with E-state index in [1.54, 1.807) is 18.7 Å². The van der Waals surface area contributed by atoms with Crippen LogP contribution in [0, 0.1) is 3.70 Å². The smallest absolute Gasteiger partial charge is 0.404 e. The second-order valence-electron chi connectivity index (χ2n) is 12.4. The number of primary amides is 1. The van der Waals surface area contributed by atoms with Crippen molar-refractivity contribution >= 4 is 59.4 Å². The third-order valence-corrected chi connectivity index (χ3v) is 10.4. The number of carbonyl (C=O) groups excluding carboxylic acids is 2. The predicted octanol–water partition coefficient (Wildman–Crippen LogP) is 5.89. The molecule has 11 nitrogen and oxygen atoms in total. The molecule has 5 rings (SSSR count). The van der Waals surface area contributed by atoms with Crippen LogP contribution in [0.15, 0.2) is 55.2 Å². The van der Waals surface area contributed by atoms with Crippen molar-refractivity contribution < 1.29 is 19.1 Å². The molecule has 234 valence electrons.